The van der Waals surface area contributed by atoms with Gasteiger partial charge in [-0.2, -0.15) is 0 Å². The van der Waals surface area contributed by atoms with Gasteiger partial charge in [0.15, 0.2) is 0 Å². The lowest BCUT2D eigenvalue weighted by atomic mass is 9.84. The van der Waals surface area contributed by atoms with Crippen LogP contribution in [0.1, 0.15) is 41.0 Å². The number of anilines is 1. The van der Waals surface area contributed by atoms with Crippen molar-refractivity contribution < 1.29 is 9.53 Å². The minimum absolute atomic E-state index is 0.271. The van der Waals surface area contributed by atoms with Crippen LogP contribution in [0.2, 0.25) is 0 Å². The first kappa shape index (κ1) is 20.9. The third-order valence-electron chi connectivity index (χ3n) is 5.57. The minimum atomic E-state index is -0.486. The topological polar surface area (TPSA) is 41.6 Å². The summed E-state index contributed by atoms with van der Waals surface area (Å²) in [4.78, 5) is 14.6. The number of nitrogens with one attached hydrogen (secondary N) is 1. The van der Waals surface area contributed by atoms with E-state index in [0.29, 0.717) is 5.75 Å². The number of nitrogens with zero attached hydrogens (tertiary/aromatic N) is 1. The number of carbonyl (C=O) groups excluding carboxylic acids is 1. The summed E-state index contributed by atoms with van der Waals surface area (Å²) in [5.74, 6) is 0.793. The van der Waals surface area contributed by atoms with Gasteiger partial charge in [0, 0.05) is 11.6 Å². The van der Waals surface area contributed by atoms with Crippen LogP contribution >= 0.6 is 0 Å². The second-order valence-electron chi connectivity index (χ2n) is 8.13. The van der Waals surface area contributed by atoms with E-state index in [9.17, 15) is 4.79 Å². The number of hydrogen-bond donors (Lipinski definition) is 1. The van der Waals surface area contributed by atoms with E-state index in [1.165, 1.54) is 22.3 Å². The molecule has 1 aliphatic carbocycles. The molecule has 3 aromatic carbocycles. The molecule has 0 fully saturated rings. The van der Waals surface area contributed by atoms with Gasteiger partial charge >= 0.3 is 6.09 Å². The molecule has 158 valence electrons. The molecule has 0 saturated heterocycles. The summed E-state index contributed by atoms with van der Waals surface area (Å²) in [6.45, 7) is 1.04. The minimum Gasteiger partial charge on any atom is -0.410 e. The van der Waals surface area contributed by atoms with Gasteiger partial charge in [0.2, 0.25) is 0 Å². The van der Waals surface area contributed by atoms with Crippen LogP contribution < -0.4 is 10.1 Å². The van der Waals surface area contributed by atoms with Crippen molar-refractivity contribution in [2.45, 2.75) is 18.8 Å². The van der Waals surface area contributed by atoms with E-state index in [1.54, 1.807) is 12.1 Å². The standard InChI is InChI=1S/C27H28N2O2/c1-29(2)18-8-13-25-24-12-7-6-9-20(24)14-15-21-16-17-22(19-26(21)25)28-27(30)31-23-10-4-3-5-11-23/h3-7,9-12,14-17,19,25H,8,13,18H2,1-2H3,(H,28,30). The monoisotopic (exact) mass is 412 g/mol. The second-order valence-corrected chi connectivity index (χ2v) is 8.13. The van der Waals surface area contributed by atoms with E-state index >= 15 is 0 Å². The molecule has 1 atom stereocenters. The van der Waals surface area contributed by atoms with Crippen molar-refractivity contribution >= 4 is 23.9 Å². The third kappa shape index (κ3) is 5.22. The molecule has 31 heavy (non-hydrogen) atoms. The van der Waals surface area contributed by atoms with Crippen LogP contribution in [0.4, 0.5) is 10.5 Å². The van der Waals surface area contributed by atoms with Gasteiger partial charge in [-0.05, 0) is 80.0 Å². The Labute approximate surface area is 184 Å². The van der Waals surface area contributed by atoms with E-state index in [0.717, 1.165) is 25.1 Å². The first-order chi connectivity index (χ1) is 15.1. The average molecular weight is 413 g/mol. The smallest absolute Gasteiger partial charge is 0.410 e. The van der Waals surface area contributed by atoms with Crippen LogP contribution in [0, 0.1) is 0 Å². The fourth-order valence-electron chi connectivity index (χ4n) is 4.09. The van der Waals surface area contributed by atoms with E-state index in [1.807, 2.05) is 24.3 Å². The first-order valence-corrected chi connectivity index (χ1v) is 10.7. The molecule has 0 bridgehead atoms. The number of carbonyl (C=O) groups is 1. The lowest BCUT2D eigenvalue weighted by Gasteiger charge is -2.22. The summed E-state index contributed by atoms with van der Waals surface area (Å²) in [5, 5.41) is 2.89. The van der Waals surface area contributed by atoms with Crippen LogP contribution in [-0.4, -0.2) is 31.6 Å². The molecule has 0 heterocycles. The predicted molar refractivity (Wildman–Crippen MR) is 128 cm³/mol. The zero-order valence-electron chi connectivity index (χ0n) is 18.0. The molecule has 1 aliphatic rings. The van der Waals surface area contributed by atoms with Crippen molar-refractivity contribution in [1.29, 1.82) is 0 Å². The third-order valence-corrected chi connectivity index (χ3v) is 5.57. The lowest BCUT2D eigenvalue weighted by Crippen LogP contribution is -2.17. The molecule has 1 unspecified atom stereocenters. The van der Waals surface area contributed by atoms with Gasteiger partial charge in [0.25, 0.3) is 0 Å². The molecular formula is C27H28N2O2. The Bertz CT molecular complexity index is 1070. The van der Waals surface area contributed by atoms with Crippen molar-refractivity contribution in [2.75, 3.05) is 26.0 Å². The Kier molecular flexibility index (Phi) is 6.48. The van der Waals surface area contributed by atoms with Gasteiger partial charge in [-0.15, -0.1) is 0 Å². The number of amides is 1. The van der Waals surface area contributed by atoms with E-state index < -0.39 is 6.09 Å². The summed E-state index contributed by atoms with van der Waals surface area (Å²) in [6.07, 6.45) is 6.02. The van der Waals surface area contributed by atoms with Gasteiger partial charge in [0.05, 0.1) is 0 Å². The van der Waals surface area contributed by atoms with E-state index in [2.05, 4.69) is 72.9 Å². The molecule has 0 aliphatic heterocycles. The molecule has 0 aromatic heterocycles. The first-order valence-electron chi connectivity index (χ1n) is 10.7. The zero-order valence-corrected chi connectivity index (χ0v) is 18.0. The zero-order chi connectivity index (χ0) is 21.6. The largest absolute Gasteiger partial charge is 0.417 e. The molecular weight excluding hydrogens is 384 g/mol. The van der Waals surface area contributed by atoms with E-state index in [-0.39, 0.29) is 5.92 Å². The van der Waals surface area contributed by atoms with Gasteiger partial charge in [0.1, 0.15) is 5.75 Å². The highest BCUT2D eigenvalue weighted by molar-refractivity contribution is 5.87. The summed E-state index contributed by atoms with van der Waals surface area (Å²) in [6, 6.07) is 23.8. The quantitative estimate of drug-likeness (QED) is 0.520. The number of hydrogen-bond acceptors (Lipinski definition) is 3. The lowest BCUT2D eigenvalue weighted by molar-refractivity contribution is 0.215. The van der Waals surface area contributed by atoms with Gasteiger partial charge < -0.3 is 9.64 Å². The molecule has 0 saturated carbocycles. The molecule has 0 radical (unpaired) electrons. The second kappa shape index (κ2) is 9.63. The maximum Gasteiger partial charge on any atom is 0.417 e. The molecule has 4 rings (SSSR count). The Balaban J connectivity index is 1.60. The molecule has 1 N–H and O–H groups in total. The van der Waals surface area contributed by atoms with Gasteiger partial charge in [-0.3, -0.25) is 5.32 Å². The van der Waals surface area contributed by atoms with Crippen molar-refractivity contribution in [1.82, 2.24) is 4.90 Å². The summed E-state index contributed by atoms with van der Waals surface area (Å²) in [7, 11) is 4.22. The maximum absolute atomic E-state index is 12.4. The molecule has 1 amide bonds. The van der Waals surface area contributed by atoms with Crippen LogP contribution in [-0.2, 0) is 0 Å². The highest BCUT2D eigenvalue weighted by Crippen LogP contribution is 2.38. The number of ether oxygens (including phenoxy) is 1. The maximum atomic E-state index is 12.4. The Morgan fingerprint density at radius 3 is 2.39 bits per heavy atom. The molecule has 4 heteroatoms. The highest BCUT2D eigenvalue weighted by atomic mass is 16.6. The average Bonchev–Trinajstić information content (AvgIpc) is 2.91. The summed E-state index contributed by atoms with van der Waals surface area (Å²) < 4.78 is 5.39. The Morgan fingerprint density at radius 1 is 0.903 bits per heavy atom. The van der Waals surface area contributed by atoms with Crippen molar-refractivity contribution in [3.63, 3.8) is 0 Å². The normalized spacial score (nSPS) is 14.5. The molecule has 3 aromatic rings. The van der Waals surface area contributed by atoms with Crippen LogP contribution in [0.5, 0.6) is 5.75 Å². The number of para-hydroxylation sites is 1. The fraction of sp³-hybridized carbons (Fsp3) is 0.222. The van der Waals surface area contributed by atoms with Gasteiger partial charge in [-0.25, -0.2) is 4.79 Å². The van der Waals surface area contributed by atoms with Crippen molar-refractivity contribution in [3.8, 4) is 5.75 Å². The number of fused-ring (bicyclic) bond motifs is 2. The van der Waals surface area contributed by atoms with Crippen LogP contribution in [0.15, 0.2) is 72.8 Å². The fourth-order valence-corrected chi connectivity index (χ4v) is 4.09. The SMILES string of the molecule is CN(C)CCCC1c2ccccc2C=Cc2ccc(NC(=O)Oc3ccccc3)cc21. The van der Waals surface area contributed by atoms with Crippen molar-refractivity contribution in [2.24, 2.45) is 0 Å². The molecule has 0 spiro atoms. The van der Waals surface area contributed by atoms with Crippen LogP contribution in [0.25, 0.3) is 12.2 Å². The summed E-state index contributed by atoms with van der Waals surface area (Å²) >= 11 is 0. The van der Waals surface area contributed by atoms with Crippen molar-refractivity contribution in [3.05, 3.63) is 95.1 Å². The number of benzene rings is 3. The van der Waals surface area contributed by atoms with E-state index in [4.69, 9.17) is 4.74 Å². The highest BCUT2D eigenvalue weighted by Gasteiger charge is 2.22. The molecule has 4 nitrogen and oxygen atoms in total. The van der Waals surface area contributed by atoms with Gasteiger partial charge in [-0.1, -0.05) is 60.7 Å². The summed E-state index contributed by atoms with van der Waals surface area (Å²) in [5.41, 5.74) is 5.75. The Hall–Kier alpha value is -3.37. The predicted octanol–water partition coefficient (Wildman–Crippen LogP) is 6.26. The van der Waals surface area contributed by atoms with Crippen LogP contribution in [0.3, 0.4) is 0 Å². The number of rotatable bonds is 6. The Morgan fingerprint density at radius 2 is 1.61 bits per heavy atom.